The van der Waals surface area contributed by atoms with Gasteiger partial charge in [0.15, 0.2) is 11.6 Å². The van der Waals surface area contributed by atoms with E-state index >= 15 is 0 Å². The maximum absolute atomic E-state index is 6.36. The Morgan fingerprint density at radius 3 is 0.936 bits per heavy atom. The summed E-state index contributed by atoms with van der Waals surface area (Å²) in [6, 6.07) is 151. The molecule has 0 amide bonds. The minimum absolute atomic E-state index is 0. The molecule has 0 spiro atoms. The first-order valence-corrected chi connectivity index (χ1v) is 43.0. The summed E-state index contributed by atoms with van der Waals surface area (Å²) in [5.74, 6) is 1.43. The third-order valence-electron chi connectivity index (χ3n) is 25.3. The Kier molecular flexibility index (Phi) is 21.3. The first kappa shape index (κ1) is 80.0. The monoisotopic (exact) mass is 1750 g/mol. The standard InChI is InChI=1S/C54H35N3.C44H36BNO2.C16H11BrN2.Y/c1-5-17-36(18-6-1)50-35-51(57-53(56-50)39-19-7-2-8-20-39)37-29-31-38(32-30-37)52-46-33-45-42-25-13-15-27-47(42)54(40-21-9-3-10-22-40,41-23-11-4-12-24-41)48(45)34-44(46)43-26-14-16-28-49(43)55-52;1-42(2)43(3,4)48-45(47-42)32-25-23-29(24-26-32)41-37-27-36-33-19-11-13-21-38(33)44(30-15-7-5-8-16-30,31-17-9-6-10-18-31)39(36)28-35(37)34-20-12-14-22-40(34)46-41;17-15-11-14(12-7-3-1-4-8-12)18-16(19-15)13-9-5-2-6-10-13;/h1-35H;5-28H,1-4H3;1-11H;. The number of pyridine rings is 2. The van der Waals surface area contributed by atoms with Crippen molar-refractivity contribution in [2.24, 2.45) is 0 Å². The van der Waals surface area contributed by atoms with E-state index in [4.69, 9.17) is 29.2 Å². The number of halogens is 1. The summed E-state index contributed by atoms with van der Waals surface area (Å²) in [5, 5.41) is 6.96. The molecule has 0 bridgehead atoms. The summed E-state index contributed by atoms with van der Waals surface area (Å²) >= 11 is 3.46. The van der Waals surface area contributed by atoms with Crippen LogP contribution >= 0.6 is 15.9 Å². The molecule has 8 nitrogen and oxygen atoms in total. The van der Waals surface area contributed by atoms with Crippen molar-refractivity contribution in [1.29, 1.82) is 0 Å². The van der Waals surface area contributed by atoms with Gasteiger partial charge >= 0.3 is 7.12 Å². The molecule has 1 fully saturated rings. The maximum atomic E-state index is 6.36. The molecule has 125 heavy (non-hydrogen) atoms. The van der Waals surface area contributed by atoms with Gasteiger partial charge in [0.2, 0.25) is 0 Å². The van der Waals surface area contributed by atoms with Crippen LogP contribution in [0.5, 0.6) is 0 Å². The number of para-hydroxylation sites is 2. The number of aromatic nitrogens is 6. The quantitative estimate of drug-likeness (QED) is 0.0678. The third-order valence-corrected chi connectivity index (χ3v) is 25.8. The summed E-state index contributed by atoms with van der Waals surface area (Å²) in [6.07, 6.45) is 0. The second-order valence-corrected chi connectivity index (χ2v) is 33.8. The molecule has 593 valence electrons. The number of hydrogen-bond acceptors (Lipinski definition) is 8. The summed E-state index contributed by atoms with van der Waals surface area (Å²) in [4.78, 5) is 29.9. The Balaban J connectivity index is 0.000000131. The zero-order valence-electron chi connectivity index (χ0n) is 69.4. The Morgan fingerprint density at radius 2 is 0.544 bits per heavy atom. The van der Waals surface area contributed by atoms with E-state index in [2.05, 4.69) is 375 Å². The Hall–Kier alpha value is -13.4. The molecule has 0 atom stereocenters. The van der Waals surface area contributed by atoms with Crippen molar-refractivity contribution in [3.8, 4) is 101 Å². The number of rotatable bonds is 12. The molecule has 4 aromatic heterocycles. The molecular weight excluding hydrogens is 1660 g/mol. The third kappa shape index (κ3) is 14.3. The SMILES string of the molecule is Brc1cc(-c2ccccc2)nc(-c2ccccc2)n1.CC1(C)OB(c2ccc(-c3nc4ccccc4c4cc5c(cc34)-c3ccccc3C5(c3ccccc3)c3ccccc3)cc2)OC1(C)C.[Y].c1ccc(-c2cc(-c3ccc(-c4nc5ccccc5c5cc6c(cc45)-c4ccccc4C6(c4ccccc4)c4ccccc4)cc3)nc(-c3ccccc3)n2)cc1. The van der Waals surface area contributed by atoms with Gasteiger partial charge in [-0.15, -0.1) is 0 Å². The second kappa shape index (κ2) is 33.3. The molecule has 1 saturated heterocycles. The van der Waals surface area contributed by atoms with Gasteiger partial charge in [0, 0.05) is 93.2 Å². The van der Waals surface area contributed by atoms with Gasteiger partial charge in [-0.25, -0.2) is 29.9 Å². The van der Waals surface area contributed by atoms with E-state index < -0.39 is 29.2 Å². The van der Waals surface area contributed by atoms with Crippen LogP contribution in [0.4, 0.5) is 0 Å². The van der Waals surface area contributed by atoms with Gasteiger partial charge in [-0.05, 0) is 175 Å². The zero-order chi connectivity index (χ0) is 83.5. The van der Waals surface area contributed by atoms with E-state index in [1.165, 1.54) is 77.5 Å². The van der Waals surface area contributed by atoms with E-state index in [0.717, 1.165) is 116 Å². The predicted molar refractivity (Wildman–Crippen MR) is 512 cm³/mol. The smallest absolute Gasteiger partial charge is 0.399 e. The van der Waals surface area contributed by atoms with Crippen LogP contribution in [0.1, 0.15) is 72.2 Å². The van der Waals surface area contributed by atoms with Crippen LogP contribution in [-0.2, 0) is 52.8 Å². The maximum Gasteiger partial charge on any atom is 0.494 e. The molecular formula is C114H82BBrN6O2Y. The zero-order valence-corrected chi connectivity index (χ0v) is 73.9. The minimum Gasteiger partial charge on any atom is -0.399 e. The van der Waals surface area contributed by atoms with Crippen LogP contribution in [0, 0.1) is 0 Å². The largest absolute Gasteiger partial charge is 0.494 e. The first-order chi connectivity index (χ1) is 60.9. The van der Waals surface area contributed by atoms with Crippen LogP contribution in [0.2, 0.25) is 0 Å². The van der Waals surface area contributed by atoms with Crippen LogP contribution in [0.15, 0.2) is 429 Å². The Labute approximate surface area is 762 Å². The van der Waals surface area contributed by atoms with Crippen molar-refractivity contribution < 1.29 is 42.0 Å². The normalized spacial score (nSPS) is 13.9. The summed E-state index contributed by atoms with van der Waals surface area (Å²) in [5.41, 5.74) is 28.4. The molecule has 16 aromatic carbocycles. The average Bonchev–Trinajstić information content (AvgIpc) is 1.54. The minimum atomic E-state index is -0.483. The number of benzene rings is 16. The molecule has 5 heterocycles. The molecule has 1 radical (unpaired) electrons. The van der Waals surface area contributed by atoms with Crippen LogP contribution in [0.25, 0.3) is 145 Å². The van der Waals surface area contributed by atoms with Gasteiger partial charge in [0.1, 0.15) is 4.60 Å². The van der Waals surface area contributed by atoms with Gasteiger partial charge in [0.05, 0.1) is 61.5 Å². The summed E-state index contributed by atoms with van der Waals surface area (Å²) in [7, 11) is -0.408. The number of nitrogens with zero attached hydrogens (tertiary/aromatic N) is 6. The van der Waals surface area contributed by atoms with Crippen LogP contribution in [0.3, 0.4) is 0 Å². The van der Waals surface area contributed by atoms with Crippen molar-refractivity contribution in [1.82, 2.24) is 29.9 Å². The topological polar surface area (TPSA) is 95.8 Å². The Morgan fingerprint density at radius 1 is 0.240 bits per heavy atom. The fourth-order valence-electron chi connectivity index (χ4n) is 18.7. The molecule has 0 N–H and O–H groups in total. The van der Waals surface area contributed by atoms with E-state index in [9.17, 15) is 0 Å². The fraction of sp³-hybridized carbons (Fsp3) is 0.0702. The average molecular weight is 1750 g/mol. The van der Waals surface area contributed by atoms with Crippen LogP contribution in [-0.4, -0.2) is 48.2 Å². The van der Waals surface area contributed by atoms with E-state index in [0.29, 0.717) is 5.82 Å². The van der Waals surface area contributed by atoms with Crippen molar-refractivity contribution in [3.05, 3.63) is 474 Å². The molecule has 0 saturated carbocycles. The number of hydrogen-bond donors (Lipinski definition) is 0. The van der Waals surface area contributed by atoms with Crippen LogP contribution < -0.4 is 5.46 Å². The molecule has 11 heteroatoms. The van der Waals surface area contributed by atoms with Crippen molar-refractivity contribution in [2.45, 2.75) is 49.7 Å². The molecule has 1 aliphatic heterocycles. The fourth-order valence-corrected chi connectivity index (χ4v) is 19.1. The number of fused-ring (bicyclic) bond motifs is 12. The molecule has 2 aliphatic carbocycles. The predicted octanol–water partition coefficient (Wildman–Crippen LogP) is 27.5. The van der Waals surface area contributed by atoms with Gasteiger partial charge in [-0.2, -0.15) is 0 Å². The molecule has 23 rings (SSSR count). The van der Waals surface area contributed by atoms with Gasteiger partial charge in [-0.1, -0.05) is 376 Å². The summed E-state index contributed by atoms with van der Waals surface area (Å²) < 4.78 is 13.5. The molecule has 20 aromatic rings. The Bertz CT molecular complexity index is 7200. The van der Waals surface area contributed by atoms with Crippen molar-refractivity contribution in [2.75, 3.05) is 0 Å². The molecule has 0 unspecified atom stereocenters. The summed E-state index contributed by atoms with van der Waals surface area (Å²) in [6.45, 7) is 8.36. The van der Waals surface area contributed by atoms with Gasteiger partial charge < -0.3 is 9.31 Å². The van der Waals surface area contributed by atoms with E-state index in [1.54, 1.807) is 0 Å². The van der Waals surface area contributed by atoms with E-state index in [-0.39, 0.29) is 32.7 Å². The van der Waals surface area contributed by atoms with Gasteiger partial charge in [0.25, 0.3) is 0 Å². The van der Waals surface area contributed by atoms with Gasteiger partial charge in [-0.3, -0.25) is 0 Å². The molecule has 3 aliphatic rings. The van der Waals surface area contributed by atoms with Crippen molar-refractivity contribution >= 4 is 71.9 Å². The van der Waals surface area contributed by atoms with Crippen molar-refractivity contribution in [3.63, 3.8) is 0 Å². The van der Waals surface area contributed by atoms with E-state index in [1.807, 2.05) is 103 Å². The second-order valence-electron chi connectivity index (χ2n) is 33.0. The first-order valence-electron chi connectivity index (χ1n) is 42.2.